The lowest BCUT2D eigenvalue weighted by molar-refractivity contribution is 0.0159. The van der Waals surface area contributed by atoms with Crippen LogP contribution in [-0.4, -0.2) is 49.4 Å². The average Bonchev–Trinajstić information content (AvgIpc) is 2.44. The van der Waals surface area contributed by atoms with Crippen LogP contribution in [0.5, 0.6) is 5.75 Å². The number of rotatable bonds is 2. The summed E-state index contributed by atoms with van der Waals surface area (Å²) in [6.07, 6.45) is -0.245. The maximum atomic E-state index is 12.3. The molecule has 1 amide bonds. The molecular formula is C17H25BrN2O3. The molecule has 0 spiro atoms. The summed E-state index contributed by atoms with van der Waals surface area (Å²) in [7, 11) is 1.67. The SMILES string of the molecule is COc1c(Br)cccc1N1CCN(C(=O)OC(C)(C)C)[C@@H](C)C1. The molecule has 23 heavy (non-hydrogen) atoms. The predicted molar refractivity (Wildman–Crippen MR) is 95.3 cm³/mol. The summed E-state index contributed by atoms with van der Waals surface area (Å²) < 4.78 is 11.9. The van der Waals surface area contributed by atoms with Crippen LogP contribution in [0.3, 0.4) is 0 Å². The summed E-state index contributed by atoms with van der Waals surface area (Å²) in [6.45, 7) is 9.82. The maximum absolute atomic E-state index is 12.3. The first-order chi connectivity index (χ1) is 10.7. The van der Waals surface area contributed by atoms with Gasteiger partial charge in [0.2, 0.25) is 0 Å². The summed E-state index contributed by atoms with van der Waals surface area (Å²) in [5, 5.41) is 0. The Morgan fingerprint density at radius 3 is 2.57 bits per heavy atom. The maximum Gasteiger partial charge on any atom is 0.410 e. The fourth-order valence-electron chi connectivity index (χ4n) is 2.72. The van der Waals surface area contributed by atoms with Gasteiger partial charge in [-0.05, 0) is 55.8 Å². The number of anilines is 1. The van der Waals surface area contributed by atoms with Crippen molar-refractivity contribution in [2.45, 2.75) is 39.3 Å². The Balaban J connectivity index is 2.10. The normalized spacial score (nSPS) is 18.8. The molecule has 1 fully saturated rings. The van der Waals surface area contributed by atoms with Gasteiger partial charge in [0.1, 0.15) is 5.60 Å². The first-order valence-corrected chi connectivity index (χ1v) is 8.59. The van der Waals surface area contributed by atoms with Crippen molar-refractivity contribution in [1.82, 2.24) is 4.90 Å². The van der Waals surface area contributed by atoms with Gasteiger partial charge < -0.3 is 19.3 Å². The van der Waals surface area contributed by atoms with Crippen molar-refractivity contribution in [3.05, 3.63) is 22.7 Å². The molecule has 1 aliphatic rings. The van der Waals surface area contributed by atoms with Gasteiger partial charge in [-0.3, -0.25) is 0 Å². The van der Waals surface area contributed by atoms with E-state index >= 15 is 0 Å². The van der Waals surface area contributed by atoms with E-state index in [0.29, 0.717) is 6.54 Å². The van der Waals surface area contributed by atoms with E-state index in [2.05, 4.69) is 20.8 Å². The molecule has 1 heterocycles. The van der Waals surface area contributed by atoms with Gasteiger partial charge in [-0.15, -0.1) is 0 Å². The van der Waals surface area contributed by atoms with Gasteiger partial charge in [0.15, 0.2) is 5.75 Å². The highest BCUT2D eigenvalue weighted by Gasteiger charge is 2.31. The number of benzene rings is 1. The summed E-state index contributed by atoms with van der Waals surface area (Å²) in [4.78, 5) is 16.3. The number of hydrogen-bond acceptors (Lipinski definition) is 4. The summed E-state index contributed by atoms with van der Waals surface area (Å²) in [5.74, 6) is 0.824. The summed E-state index contributed by atoms with van der Waals surface area (Å²) >= 11 is 3.52. The topological polar surface area (TPSA) is 42.0 Å². The molecule has 0 bridgehead atoms. The number of carbonyl (C=O) groups excluding carboxylic acids is 1. The molecule has 0 aliphatic carbocycles. The van der Waals surface area contributed by atoms with Crippen LogP contribution in [-0.2, 0) is 4.74 Å². The van der Waals surface area contributed by atoms with E-state index in [4.69, 9.17) is 9.47 Å². The zero-order valence-corrected chi connectivity index (χ0v) is 16.0. The smallest absolute Gasteiger partial charge is 0.410 e. The van der Waals surface area contributed by atoms with E-state index in [0.717, 1.165) is 29.0 Å². The van der Waals surface area contributed by atoms with Crippen molar-refractivity contribution in [3.8, 4) is 5.75 Å². The molecule has 6 heteroatoms. The second kappa shape index (κ2) is 6.99. The van der Waals surface area contributed by atoms with Gasteiger partial charge in [0.25, 0.3) is 0 Å². The van der Waals surface area contributed by atoms with Crippen molar-refractivity contribution in [1.29, 1.82) is 0 Å². The van der Waals surface area contributed by atoms with Gasteiger partial charge in [0, 0.05) is 25.7 Å². The second-order valence-electron chi connectivity index (χ2n) is 6.76. The van der Waals surface area contributed by atoms with Crippen molar-refractivity contribution in [2.24, 2.45) is 0 Å². The Morgan fingerprint density at radius 2 is 2.00 bits per heavy atom. The highest BCUT2D eigenvalue weighted by molar-refractivity contribution is 9.10. The molecule has 2 rings (SSSR count). The molecule has 1 atom stereocenters. The highest BCUT2D eigenvalue weighted by Crippen LogP contribution is 2.36. The number of hydrogen-bond donors (Lipinski definition) is 0. The number of methoxy groups -OCH3 is 1. The second-order valence-corrected chi connectivity index (χ2v) is 7.62. The minimum Gasteiger partial charge on any atom is -0.493 e. The van der Waals surface area contributed by atoms with Crippen LogP contribution in [0.4, 0.5) is 10.5 Å². The van der Waals surface area contributed by atoms with E-state index in [9.17, 15) is 4.79 Å². The zero-order valence-electron chi connectivity index (χ0n) is 14.4. The van der Waals surface area contributed by atoms with E-state index in [1.807, 2.05) is 45.9 Å². The molecule has 0 radical (unpaired) electrons. The minimum absolute atomic E-state index is 0.0716. The fraction of sp³-hybridized carbons (Fsp3) is 0.588. The van der Waals surface area contributed by atoms with E-state index in [1.54, 1.807) is 12.0 Å². The average molecular weight is 385 g/mol. The molecule has 5 nitrogen and oxygen atoms in total. The van der Waals surface area contributed by atoms with Crippen LogP contribution in [0.1, 0.15) is 27.7 Å². The van der Waals surface area contributed by atoms with Crippen LogP contribution in [0.15, 0.2) is 22.7 Å². The van der Waals surface area contributed by atoms with E-state index < -0.39 is 5.60 Å². The van der Waals surface area contributed by atoms with Crippen LogP contribution in [0.2, 0.25) is 0 Å². The Hall–Kier alpha value is -1.43. The quantitative estimate of drug-likeness (QED) is 0.775. The third-order valence-corrected chi connectivity index (χ3v) is 4.37. The van der Waals surface area contributed by atoms with Gasteiger partial charge in [-0.1, -0.05) is 6.07 Å². The highest BCUT2D eigenvalue weighted by atomic mass is 79.9. The monoisotopic (exact) mass is 384 g/mol. The first-order valence-electron chi connectivity index (χ1n) is 7.80. The fourth-order valence-corrected chi connectivity index (χ4v) is 3.23. The minimum atomic E-state index is -0.471. The molecule has 0 unspecified atom stereocenters. The predicted octanol–water partition coefficient (Wildman–Crippen LogP) is 3.90. The lowest BCUT2D eigenvalue weighted by atomic mass is 10.1. The molecule has 1 aromatic carbocycles. The third-order valence-electron chi connectivity index (χ3n) is 3.75. The van der Waals surface area contributed by atoms with Gasteiger partial charge >= 0.3 is 6.09 Å². The van der Waals surface area contributed by atoms with Crippen LogP contribution in [0.25, 0.3) is 0 Å². The molecule has 1 aliphatic heterocycles. The largest absolute Gasteiger partial charge is 0.493 e. The molecule has 128 valence electrons. The molecule has 0 saturated carbocycles. The van der Waals surface area contributed by atoms with Crippen molar-refractivity contribution in [3.63, 3.8) is 0 Å². The molecule has 1 aromatic rings. The number of amides is 1. The number of nitrogens with zero attached hydrogens (tertiary/aromatic N) is 2. The number of para-hydroxylation sites is 1. The Bertz CT molecular complexity index is 571. The molecular weight excluding hydrogens is 360 g/mol. The molecule has 1 saturated heterocycles. The summed E-state index contributed by atoms with van der Waals surface area (Å²) in [5.41, 5.74) is 0.569. The first kappa shape index (κ1) is 17.9. The van der Waals surface area contributed by atoms with Crippen molar-refractivity contribution in [2.75, 3.05) is 31.6 Å². The number of ether oxygens (including phenoxy) is 2. The Morgan fingerprint density at radius 1 is 1.30 bits per heavy atom. The van der Waals surface area contributed by atoms with Crippen LogP contribution < -0.4 is 9.64 Å². The van der Waals surface area contributed by atoms with Crippen molar-refractivity contribution < 1.29 is 14.3 Å². The summed E-state index contributed by atoms with van der Waals surface area (Å²) in [6, 6.07) is 6.07. The lowest BCUT2D eigenvalue weighted by Gasteiger charge is -2.41. The molecule has 0 aromatic heterocycles. The van der Waals surface area contributed by atoms with Gasteiger partial charge in [-0.2, -0.15) is 0 Å². The Labute approximate surface area is 146 Å². The van der Waals surface area contributed by atoms with Gasteiger partial charge in [0.05, 0.1) is 17.3 Å². The molecule has 0 N–H and O–H groups in total. The van der Waals surface area contributed by atoms with E-state index in [-0.39, 0.29) is 12.1 Å². The standard InChI is InChI=1S/C17H25BrN2O3/c1-12-11-19(14-8-6-7-13(18)15(14)22-5)9-10-20(12)16(21)23-17(2,3)4/h6-8,12H,9-11H2,1-5H3/t12-/m0/s1. The zero-order chi connectivity index (χ0) is 17.2. The number of piperazine rings is 1. The Kier molecular flexibility index (Phi) is 5.45. The third kappa shape index (κ3) is 4.31. The van der Waals surface area contributed by atoms with Crippen LogP contribution in [0, 0.1) is 0 Å². The number of halogens is 1. The lowest BCUT2D eigenvalue weighted by Crippen LogP contribution is -2.55. The van der Waals surface area contributed by atoms with Crippen LogP contribution >= 0.6 is 15.9 Å². The number of carbonyl (C=O) groups is 1. The van der Waals surface area contributed by atoms with Crippen molar-refractivity contribution >= 4 is 27.7 Å². The van der Waals surface area contributed by atoms with Gasteiger partial charge in [-0.25, -0.2) is 4.79 Å². The van der Waals surface area contributed by atoms with E-state index in [1.165, 1.54) is 0 Å².